The van der Waals surface area contributed by atoms with Crippen LogP contribution in [0.2, 0.25) is 0 Å². The Morgan fingerprint density at radius 3 is 2.75 bits per heavy atom. The smallest absolute Gasteiger partial charge is 0.221 e. The van der Waals surface area contributed by atoms with Gasteiger partial charge in [-0.25, -0.2) is 9.97 Å². The second kappa shape index (κ2) is 6.27. The van der Waals surface area contributed by atoms with Crippen molar-refractivity contribution in [1.82, 2.24) is 14.9 Å². The second-order valence-electron chi connectivity index (χ2n) is 3.94. The van der Waals surface area contributed by atoms with Gasteiger partial charge in [0.15, 0.2) is 0 Å². The first-order chi connectivity index (χ1) is 7.65. The maximum Gasteiger partial charge on any atom is 0.221 e. The van der Waals surface area contributed by atoms with E-state index in [1.54, 1.807) is 7.11 Å². The molecule has 1 aromatic rings. The highest BCUT2D eigenvalue weighted by molar-refractivity contribution is 5.47. The van der Waals surface area contributed by atoms with Crippen LogP contribution in [-0.2, 0) is 0 Å². The van der Waals surface area contributed by atoms with E-state index in [-0.39, 0.29) is 0 Å². The summed E-state index contributed by atoms with van der Waals surface area (Å²) < 4.78 is 5.13. The summed E-state index contributed by atoms with van der Waals surface area (Å²) in [5, 5.41) is 3.29. The molecule has 5 nitrogen and oxygen atoms in total. The molecule has 5 heteroatoms. The Bertz CT molecular complexity index is 328. The van der Waals surface area contributed by atoms with Crippen LogP contribution in [0, 0.1) is 6.92 Å². The molecule has 1 heterocycles. The zero-order valence-electron chi connectivity index (χ0n) is 10.4. The topological polar surface area (TPSA) is 50.3 Å². The van der Waals surface area contributed by atoms with Gasteiger partial charge in [-0.15, -0.1) is 0 Å². The van der Waals surface area contributed by atoms with Crippen molar-refractivity contribution in [3.8, 4) is 5.88 Å². The van der Waals surface area contributed by atoms with Crippen LogP contribution in [0.3, 0.4) is 0 Å². The van der Waals surface area contributed by atoms with E-state index in [9.17, 15) is 0 Å². The number of hydrogen-bond acceptors (Lipinski definition) is 5. The third kappa shape index (κ3) is 3.66. The molecule has 0 aliphatic carbocycles. The summed E-state index contributed by atoms with van der Waals surface area (Å²) in [6, 6.07) is 0. The molecule has 0 atom stereocenters. The quantitative estimate of drug-likeness (QED) is 0.735. The van der Waals surface area contributed by atoms with Crippen molar-refractivity contribution < 1.29 is 4.74 Å². The molecule has 0 amide bonds. The van der Waals surface area contributed by atoms with Gasteiger partial charge in [0.25, 0.3) is 0 Å². The average molecular weight is 224 g/mol. The summed E-state index contributed by atoms with van der Waals surface area (Å²) >= 11 is 0. The van der Waals surface area contributed by atoms with E-state index in [2.05, 4.69) is 34.3 Å². The normalized spacial score (nSPS) is 10.6. The van der Waals surface area contributed by atoms with Gasteiger partial charge in [-0.1, -0.05) is 0 Å². The van der Waals surface area contributed by atoms with Crippen molar-refractivity contribution in [2.75, 3.05) is 39.6 Å². The maximum absolute atomic E-state index is 5.13. The number of ether oxygens (including phenoxy) is 1. The van der Waals surface area contributed by atoms with Crippen molar-refractivity contribution >= 4 is 5.82 Å². The standard InChI is InChI=1S/C11H20N4O/c1-9-10(12-6-5-7-15(2)3)13-8-14-11(9)16-4/h8H,5-7H2,1-4H3,(H,12,13,14). The highest BCUT2D eigenvalue weighted by Crippen LogP contribution is 2.19. The second-order valence-corrected chi connectivity index (χ2v) is 3.94. The summed E-state index contributed by atoms with van der Waals surface area (Å²) in [6.07, 6.45) is 2.60. The monoisotopic (exact) mass is 224 g/mol. The summed E-state index contributed by atoms with van der Waals surface area (Å²) in [7, 11) is 5.75. The number of anilines is 1. The lowest BCUT2D eigenvalue weighted by molar-refractivity contribution is 0.393. The summed E-state index contributed by atoms with van der Waals surface area (Å²) in [5.74, 6) is 1.48. The maximum atomic E-state index is 5.13. The van der Waals surface area contributed by atoms with E-state index in [1.165, 1.54) is 6.33 Å². The van der Waals surface area contributed by atoms with E-state index >= 15 is 0 Å². The molecule has 0 aliphatic heterocycles. The van der Waals surface area contributed by atoms with Crippen LogP contribution in [0.4, 0.5) is 5.82 Å². The number of hydrogen-bond donors (Lipinski definition) is 1. The van der Waals surface area contributed by atoms with Gasteiger partial charge in [0, 0.05) is 6.54 Å². The Morgan fingerprint density at radius 2 is 2.12 bits per heavy atom. The fourth-order valence-electron chi connectivity index (χ4n) is 1.42. The fraction of sp³-hybridized carbons (Fsp3) is 0.636. The number of aromatic nitrogens is 2. The molecule has 0 saturated heterocycles. The van der Waals surface area contributed by atoms with E-state index in [1.807, 2.05) is 6.92 Å². The van der Waals surface area contributed by atoms with Gasteiger partial charge in [-0.2, -0.15) is 0 Å². The molecule has 0 saturated carbocycles. The Balaban J connectivity index is 2.47. The first kappa shape index (κ1) is 12.7. The van der Waals surface area contributed by atoms with Crippen LogP contribution in [-0.4, -0.2) is 49.2 Å². The zero-order chi connectivity index (χ0) is 12.0. The van der Waals surface area contributed by atoms with Crippen molar-refractivity contribution in [2.24, 2.45) is 0 Å². The van der Waals surface area contributed by atoms with Crippen molar-refractivity contribution in [3.63, 3.8) is 0 Å². The average Bonchev–Trinajstić information content (AvgIpc) is 2.26. The predicted octanol–water partition coefficient (Wildman–Crippen LogP) is 1.16. The van der Waals surface area contributed by atoms with E-state index in [0.717, 1.165) is 30.9 Å². The Labute approximate surface area is 96.8 Å². The molecule has 0 aliphatic rings. The van der Waals surface area contributed by atoms with Crippen LogP contribution in [0.25, 0.3) is 0 Å². The Kier molecular flexibility index (Phi) is 4.98. The van der Waals surface area contributed by atoms with Gasteiger partial charge in [-0.05, 0) is 34.0 Å². The van der Waals surface area contributed by atoms with E-state index in [0.29, 0.717) is 5.88 Å². The van der Waals surface area contributed by atoms with Gasteiger partial charge in [-0.3, -0.25) is 0 Å². The molecule has 0 aromatic carbocycles. The number of nitrogens with zero attached hydrogens (tertiary/aromatic N) is 3. The zero-order valence-corrected chi connectivity index (χ0v) is 10.4. The Morgan fingerprint density at radius 1 is 1.38 bits per heavy atom. The first-order valence-corrected chi connectivity index (χ1v) is 5.39. The SMILES string of the molecule is COc1ncnc(NCCCN(C)C)c1C. The summed E-state index contributed by atoms with van der Waals surface area (Å²) in [5.41, 5.74) is 0.954. The van der Waals surface area contributed by atoms with Gasteiger partial charge in [0.05, 0.1) is 12.7 Å². The molecule has 0 spiro atoms. The minimum Gasteiger partial charge on any atom is -0.481 e. The van der Waals surface area contributed by atoms with Gasteiger partial charge >= 0.3 is 0 Å². The largest absolute Gasteiger partial charge is 0.481 e. The molecule has 1 N–H and O–H groups in total. The van der Waals surface area contributed by atoms with Crippen LogP contribution in [0.1, 0.15) is 12.0 Å². The lowest BCUT2D eigenvalue weighted by atomic mass is 10.3. The number of nitrogens with one attached hydrogen (secondary N) is 1. The van der Waals surface area contributed by atoms with Gasteiger partial charge < -0.3 is 15.0 Å². The van der Waals surface area contributed by atoms with Gasteiger partial charge in [0.2, 0.25) is 5.88 Å². The molecule has 0 radical (unpaired) electrons. The van der Waals surface area contributed by atoms with Crippen LogP contribution in [0.5, 0.6) is 5.88 Å². The molecule has 0 unspecified atom stereocenters. The van der Waals surface area contributed by atoms with Crippen LogP contribution < -0.4 is 10.1 Å². The molecular formula is C11H20N4O. The molecule has 90 valence electrons. The minimum atomic E-state index is 0.630. The molecule has 16 heavy (non-hydrogen) atoms. The third-order valence-electron chi connectivity index (χ3n) is 2.31. The predicted molar refractivity (Wildman–Crippen MR) is 65.0 cm³/mol. The number of methoxy groups -OCH3 is 1. The highest BCUT2D eigenvalue weighted by atomic mass is 16.5. The Hall–Kier alpha value is -1.36. The van der Waals surface area contributed by atoms with Gasteiger partial charge in [0.1, 0.15) is 12.1 Å². The lowest BCUT2D eigenvalue weighted by Crippen LogP contribution is -2.17. The molecular weight excluding hydrogens is 204 g/mol. The van der Waals surface area contributed by atoms with Crippen LogP contribution >= 0.6 is 0 Å². The molecule has 1 aromatic heterocycles. The van der Waals surface area contributed by atoms with Crippen LogP contribution in [0.15, 0.2) is 6.33 Å². The third-order valence-corrected chi connectivity index (χ3v) is 2.31. The minimum absolute atomic E-state index is 0.630. The molecule has 0 bridgehead atoms. The van der Waals surface area contributed by atoms with E-state index in [4.69, 9.17) is 4.74 Å². The summed E-state index contributed by atoms with van der Waals surface area (Å²) in [6.45, 7) is 3.92. The summed E-state index contributed by atoms with van der Waals surface area (Å²) in [4.78, 5) is 10.4. The molecule has 1 rings (SSSR count). The van der Waals surface area contributed by atoms with E-state index < -0.39 is 0 Å². The van der Waals surface area contributed by atoms with Crippen molar-refractivity contribution in [3.05, 3.63) is 11.9 Å². The fourth-order valence-corrected chi connectivity index (χ4v) is 1.42. The first-order valence-electron chi connectivity index (χ1n) is 5.39. The van der Waals surface area contributed by atoms with Crippen molar-refractivity contribution in [2.45, 2.75) is 13.3 Å². The number of rotatable bonds is 6. The lowest BCUT2D eigenvalue weighted by Gasteiger charge is -2.12. The van der Waals surface area contributed by atoms with Crippen molar-refractivity contribution in [1.29, 1.82) is 0 Å². The highest BCUT2D eigenvalue weighted by Gasteiger charge is 2.05. The molecule has 0 fully saturated rings.